The van der Waals surface area contributed by atoms with E-state index in [2.05, 4.69) is 29.2 Å². The monoisotopic (exact) mass is 549 g/mol. The third kappa shape index (κ3) is 5.09. The summed E-state index contributed by atoms with van der Waals surface area (Å²) in [6, 6.07) is 12.1. The molecule has 0 bridgehead atoms. The third-order valence-corrected chi connectivity index (χ3v) is 10.0. The van der Waals surface area contributed by atoms with Crippen LogP contribution >= 0.6 is 11.6 Å². The fraction of sp³-hybridized carbons (Fsp3) is 0.545. The smallest absolute Gasteiger partial charge is 0.337 e. The second-order valence-corrected chi connectivity index (χ2v) is 12.4. The number of halogens is 1. The molecule has 0 N–H and O–H groups in total. The summed E-state index contributed by atoms with van der Waals surface area (Å²) in [6.45, 7) is 2.39. The number of methoxy groups -OCH3 is 2. The number of nitrogens with zero attached hydrogens (tertiary/aromatic N) is 1. The molecule has 1 fully saturated rings. The summed E-state index contributed by atoms with van der Waals surface area (Å²) in [5, 5.41) is 0.794. The van der Waals surface area contributed by atoms with Gasteiger partial charge in [0.05, 0.1) is 31.1 Å². The largest absolute Gasteiger partial charge is 0.490 e. The SMILES string of the molecule is COC(=O)c1ccc2c(c1)N(C[C@@H]1CC[C@H]1C(OC)[C@H]1C=CCCC1)C[C@@]1(CCCc3cc(Cl)ccc31)CO2. The van der Waals surface area contributed by atoms with E-state index in [0.717, 1.165) is 48.8 Å². The van der Waals surface area contributed by atoms with E-state index < -0.39 is 0 Å². The minimum absolute atomic E-state index is 0.130. The Hall–Kier alpha value is -2.50. The van der Waals surface area contributed by atoms with Gasteiger partial charge in [-0.1, -0.05) is 29.8 Å². The Labute approximate surface area is 237 Å². The van der Waals surface area contributed by atoms with Crippen molar-refractivity contribution in [3.05, 3.63) is 70.3 Å². The Balaban J connectivity index is 1.35. The number of fused-ring (bicyclic) bond motifs is 3. The van der Waals surface area contributed by atoms with E-state index in [-0.39, 0.29) is 17.5 Å². The van der Waals surface area contributed by atoms with Gasteiger partial charge in [0, 0.05) is 36.6 Å². The second-order valence-electron chi connectivity index (χ2n) is 12.0. The van der Waals surface area contributed by atoms with Crippen LogP contribution in [0.15, 0.2) is 48.6 Å². The molecule has 0 amide bonds. The van der Waals surface area contributed by atoms with Crippen LogP contribution in [0.4, 0.5) is 5.69 Å². The maximum Gasteiger partial charge on any atom is 0.337 e. The topological polar surface area (TPSA) is 48.0 Å². The third-order valence-electron chi connectivity index (χ3n) is 9.80. The van der Waals surface area contributed by atoms with Crippen molar-refractivity contribution in [1.82, 2.24) is 0 Å². The lowest BCUT2D eigenvalue weighted by molar-refractivity contribution is -0.0426. The van der Waals surface area contributed by atoms with E-state index in [1.165, 1.54) is 50.3 Å². The van der Waals surface area contributed by atoms with E-state index in [4.69, 9.17) is 25.8 Å². The predicted molar refractivity (Wildman–Crippen MR) is 155 cm³/mol. The zero-order valence-corrected chi connectivity index (χ0v) is 23.9. The molecule has 6 heteroatoms. The number of ether oxygens (including phenoxy) is 3. The summed E-state index contributed by atoms with van der Waals surface area (Å²) in [4.78, 5) is 15.0. The van der Waals surface area contributed by atoms with Crippen LogP contribution in [0.1, 0.15) is 66.4 Å². The number of allylic oxidation sites excluding steroid dienone is 1. The molecule has 2 aromatic carbocycles. The lowest BCUT2D eigenvalue weighted by atomic mass is 9.66. The summed E-state index contributed by atoms with van der Waals surface area (Å²) in [5.41, 5.74) is 4.12. The Bertz CT molecular complexity index is 1240. The highest BCUT2D eigenvalue weighted by Crippen LogP contribution is 2.48. The van der Waals surface area contributed by atoms with E-state index in [9.17, 15) is 4.79 Å². The van der Waals surface area contributed by atoms with Gasteiger partial charge in [-0.2, -0.15) is 0 Å². The van der Waals surface area contributed by atoms with Crippen LogP contribution in [0.3, 0.4) is 0 Å². The molecule has 39 heavy (non-hydrogen) atoms. The summed E-state index contributed by atoms with van der Waals surface area (Å²) in [7, 11) is 3.32. The highest BCUT2D eigenvalue weighted by atomic mass is 35.5. The first-order chi connectivity index (χ1) is 19.0. The van der Waals surface area contributed by atoms with E-state index in [1.54, 1.807) is 0 Å². The number of aryl methyl sites for hydroxylation is 1. The van der Waals surface area contributed by atoms with Crippen molar-refractivity contribution < 1.29 is 19.0 Å². The lowest BCUT2D eigenvalue weighted by Gasteiger charge is -2.47. The molecule has 1 heterocycles. The van der Waals surface area contributed by atoms with Crippen LogP contribution in [-0.2, 0) is 21.3 Å². The number of carbonyl (C=O) groups is 1. The first kappa shape index (κ1) is 26.7. The molecule has 6 rings (SSSR count). The Morgan fingerprint density at radius 1 is 1.15 bits per heavy atom. The van der Waals surface area contributed by atoms with Gasteiger partial charge in [0.15, 0.2) is 0 Å². The van der Waals surface area contributed by atoms with Crippen molar-refractivity contribution >= 4 is 23.3 Å². The molecular weight excluding hydrogens is 510 g/mol. The Morgan fingerprint density at radius 3 is 2.79 bits per heavy atom. The first-order valence-electron chi connectivity index (χ1n) is 14.6. The molecule has 1 saturated carbocycles. The van der Waals surface area contributed by atoms with Crippen LogP contribution in [-0.4, -0.2) is 46.0 Å². The number of rotatable bonds is 6. The van der Waals surface area contributed by atoms with Crippen molar-refractivity contribution in [2.24, 2.45) is 17.8 Å². The molecule has 0 radical (unpaired) electrons. The van der Waals surface area contributed by atoms with Crippen LogP contribution in [0.2, 0.25) is 5.02 Å². The average Bonchev–Trinajstić information content (AvgIpc) is 3.10. The van der Waals surface area contributed by atoms with Gasteiger partial charge in [0.1, 0.15) is 5.75 Å². The zero-order chi connectivity index (χ0) is 27.0. The quantitative estimate of drug-likeness (QED) is 0.287. The summed E-state index contributed by atoms with van der Waals surface area (Å²) in [5.74, 6) is 2.09. The first-order valence-corrected chi connectivity index (χ1v) is 15.0. The van der Waals surface area contributed by atoms with Crippen LogP contribution in [0, 0.1) is 17.8 Å². The van der Waals surface area contributed by atoms with Crippen LogP contribution in [0.5, 0.6) is 5.75 Å². The van der Waals surface area contributed by atoms with Crippen molar-refractivity contribution in [3.63, 3.8) is 0 Å². The fourth-order valence-corrected chi connectivity index (χ4v) is 7.87. The molecule has 2 aromatic rings. The molecule has 1 aliphatic heterocycles. The van der Waals surface area contributed by atoms with Gasteiger partial charge in [0.25, 0.3) is 0 Å². The molecule has 5 nitrogen and oxygen atoms in total. The standard InChI is InChI=1S/C33H40ClNO4/c1-37-31(22-7-4-3-5-8-22)27-13-10-25(27)19-35-20-33(16-6-9-23-17-26(34)12-14-28(23)33)21-39-30-15-11-24(18-29(30)35)32(36)38-2/h4,7,11-12,14-15,17-18,22,25,27,31H,3,5-6,8-10,13,16,19-21H2,1-2H3/t22-,25-,27+,31?,33-/m0/s1. The van der Waals surface area contributed by atoms with Crippen molar-refractivity contribution in [2.75, 3.05) is 38.8 Å². The minimum Gasteiger partial charge on any atom is -0.490 e. The summed E-state index contributed by atoms with van der Waals surface area (Å²) < 4.78 is 17.8. The number of carbonyl (C=O) groups excluding carboxylic acids is 1. The molecule has 0 saturated heterocycles. The second kappa shape index (κ2) is 11.2. The molecule has 1 spiro atoms. The molecule has 1 unspecified atom stereocenters. The number of anilines is 1. The number of hydrogen-bond donors (Lipinski definition) is 0. The van der Waals surface area contributed by atoms with Gasteiger partial charge in [-0.3, -0.25) is 0 Å². The minimum atomic E-state index is -0.320. The maximum atomic E-state index is 12.5. The molecule has 5 atom stereocenters. The number of benzene rings is 2. The fourth-order valence-electron chi connectivity index (χ4n) is 7.68. The average molecular weight is 550 g/mol. The maximum absolute atomic E-state index is 12.5. The van der Waals surface area contributed by atoms with Gasteiger partial charge in [0.2, 0.25) is 0 Å². The van der Waals surface area contributed by atoms with Gasteiger partial charge in [-0.25, -0.2) is 4.79 Å². The van der Waals surface area contributed by atoms with Crippen molar-refractivity contribution in [2.45, 2.75) is 62.9 Å². The molecule has 3 aliphatic carbocycles. The van der Waals surface area contributed by atoms with E-state index >= 15 is 0 Å². The van der Waals surface area contributed by atoms with Crippen LogP contribution in [0.25, 0.3) is 0 Å². The zero-order valence-electron chi connectivity index (χ0n) is 23.2. The lowest BCUT2D eigenvalue weighted by Crippen LogP contribution is -2.50. The molecule has 0 aromatic heterocycles. The molecular formula is C33H40ClNO4. The highest BCUT2D eigenvalue weighted by molar-refractivity contribution is 6.30. The summed E-state index contributed by atoms with van der Waals surface area (Å²) >= 11 is 6.42. The van der Waals surface area contributed by atoms with Gasteiger partial charge in [-0.15, -0.1) is 0 Å². The predicted octanol–water partition coefficient (Wildman–Crippen LogP) is 7.00. The highest BCUT2D eigenvalue weighted by Gasteiger charge is 2.45. The molecule has 208 valence electrons. The van der Waals surface area contributed by atoms with Crippen LogP contribution < -0.4 is 9.64 Å². The Morgan fingerprint density at radius 2 is 2.05 bits per heavy atom. The van der Waals surface area contributed by atoms with Crippen molar-refractivity contribution in [3.8, 4) is 5.75 Å². The van der Waals surface area contributed by atoms with Gasteiger partial charge < -0.3 is 19.1 Å². The molecule has 4 aliphatic rings. The number of esters is 1. The number of hydrogen-bond acceptors (Lipinski definition) is 5. The summed E-state index contributed by atoms with van der Waals surface area (Å²) in [6.07, 6.45) is 14.3. The van der Waals surface area contributed by atoms with Gasteiger partial charge in [-0.05, 0) is 105 Å². The van der Waals surface area contributed by atoms with E-state index in [1.807, 2.05) is 31.4 Å². The normalized spacial score (nSPS) is 28.5. The van der Waals surface area contributed by atoms with Gasteiger partial charge >= 0.3 is 5.97 Å². The Kier molecular flexibility index (Phi) is 7.65. The van der Waals surface area contributed by atoms with Crippen molar-refractivity contribution in [1.29, 1.82) is 0 Å². The van der Waals surface area contributed by atoms with E-state index in [0.29, 0.717) is 29.9 Å².